The second kappa shape index (κ2) is 5.65. The van der Waals surface area contributed by atoms with Crippen molar-refractivity contribution in [2.75, 3.05) is 18.5 Å². The minimum absolute atomic E-state index is 0.269. The lowest BCUT2D eigenvalue weighted by Gasteiger charge is -2.29. The zero-order chi connectivity index (χ0) is 15.6. The Morgan fingerprint density at radius 1 is 1.24 bits per heavy atom. The van der Waals surface area contributed by atoms with Gasteiger partial charge in [-0.1, -0.05) is 12.8 Å². The van der Waals surface area contributed by atoms with Crippen molar-refractivity contribution in [3.8, 4) is 0 Å². The highest BCUT2D eigenvalue weighted by Gasteiger charge is 2.34. The summed E-state index contributed by atoms with van der Waals surface area (Å²) >= 11 is 0. The van der Waals surface area contributed by atoms with Crippen LogP contribution in [0, 0.1) is 20.2 Å². The molecule has 1 aromatic carbocycles. The Morgan fingerprint density at radius 2 is 1.86 bits per heavy atom. The molecule has 1 aromatic rings. The number of non-ortho nitro benzene ring substituents is 1. The van der Waals surface area contributed by atoms with Crippen LogP contribution in [0.5, 0.6) is 0 Å². The molecule has 0 unspecified atom stereocenters. The van der Waals surface area contributed by atoms with Gasteiger partial charge in [-0.25, -0.2) is 0 Å². The molecule has 8 heteroatoms. The van der Waals surface area contributed by atoms with E-state index >= 15 is 0 Å². The SMILES string of the molecule is CN(CC1(O)CCCC1)c1ccc([N+](=O)[O-])cc1[N+](=O)[O-]. The number of nitro benzene ring substituents is 2. The lowest BCUT2D eigenvalue weighted by Crippen LogP contribution is -2.39. The number of hydrogen-bond acceptors (Lipinski definition) is 6. The van der Waals surface area contributed by atoms with Crippen LogP contribution >= 0.6 is 0 Å². The van der Waals surface area contributed by atoms with Crippen LogP contribution in [0.3, 0.4) is 0 Å². The van der Waals surface area contributed by atoms with E-state index in [9.17, 15) is 25.3 Å². The van der Waals surface area contributed by atoms with Crippen molar-refractivity contribution < 1.29 is 15.0 Å². The first kappa shape index (κ1) is 15.2. The standard InChI is InChI=1S/C13H17N3O5/c1-14(9-13(17)6-2-3-7-13)11-5-4-10(15(18)19)8-12(11)16(20)21/h4-5,8,17H,2-3,6-7,9H2,1H3. The van der Waals surface area contributed by atoms with Gasteiger partial charge >= 0.3 is 0 Å². The number of nitro groups is 2. The third-order valence-electron chi connectivity index (χ3n) is 3.84. The molecule has 8 nitrogen and oxygen atoms in total. The first-order valence-corrected chi connectivity index (χ1v) is 6.69. The highest BCUT2D eigenvalue weighted by atomic mass is 16.6. The third-order valence-corrected chi connectivity index (χ3v) is 3.84. The van der Waals surface area contributed by atoms with Crippen molar-refractivity contribution >= 4 is 17.1 Å². The van der Waals surface area contributed by atoms with Crippen LogP contribution in [0.4, 0.5) is 17.1 Å². The predicted molar refractivity (Wildman–Crippen MR) is 76.4 cm³/mol. The molecule has 2 rings (SSSR count). The van der Waals surface area contributed by atoms with E-state index in [0.29, 0.717) is 12.8 Å². The van der Waals surface area contributed by atoms with Crippen molar-refractivity contribution in [2.24, 2.45) is 0 Å². The zero-order valence-corrected chi connectivity index (χ0v) is 11.7. The van der Waals surface area contributed by atoms with Gasteiger partial charge in [-0.15, -0.1) is 0 Å². The summed E-state index contributed by atoms with van der Waals surface area (Å²) in [7, 11) is 1.64. The first-order chi connectivity index (χ1) is 9.82. The molecule has 1 aliphatic carbocycles. The maximum absolute atomic E-state index is 11.1. The Labute approximate surface area is 121 Å². The van der Waals surface area contributed by atoms with Gasteiger partial charge in [-0.05, 0) is 18.9 Å². The number of aliphatic hydroxyl groups is 1. The second-order valence-electron chi connectivity index (χ2n) is 5.47. The van der Waals surface area contributed by atoms with E-state index in [-0.39, 0.29) is 23.6 Å². The van der Waals surface area contributed by atoms with Crippen LogP contribution in [0.1, 0.15) is 25.7 Å². The van der Waals surface area contributed by atoms with E-state index in [4.69, 9.17) is 0 Å². The number of nitrogens with zero attached hydrogens (tertiary/aromatic N) is 3. The monoisotopic (exact) mass is 295 g/mol. The molecule has 0 atom stereocenters. The minimum atomic E-state index is -0.843. The highest BCUT2D eigenvalue weighted by molar-refractivity contribution is 5.66. The molecule has 0 amide bonds. The third kappa shape index (κ3) is 3.27. The first-order valence-electron chi connectivity index (χ1n) is 6.69. The van der Waals surface area contributed by atoms with E-state index in [1.807, 2.05) is 0 Å². The summed E-state index contributed by atoms with van der Waals surface area (Å²) in [5, 5.41) is 32.2. The van der Waals surface area contributed by atoms with Gasteiger partial charge in [0, 0.05) is 19.7 Å². The fourth-order valence-corrected chi connectivity index (χ4v) is 2.81. The molecule has 1 aliphatic rings. The minimum Gasteiger partial charge on any atom is -0.388 e. The normalized spacial score (nSPS) is 16.7. The Morgan fingerprint density at radius 3 is 2.38 bits per heavy atom. The number of hydrogen-bond donors (Lipinski definition) is 1. The summed E-state index contributed by atoms with van der Waals surface area (Å²) in [4.78, 5) is 22.1. The maximum atomic E-state index is 11.1. The van der Waals surface area contributed by atoms with Crippen LogP contribution in [0.15, 0.2) is 18.2 Å². The van der Waals surface area contributed by atoms with Crippen molar-refractivity contribution in [1.29, 1.82) is 0 Å². The summed E-state index contributed by atoms with van der Waals surface area (Å²) in [5.74, 6) is 0. The average Bonchev–Trinajstić information content (AvgIpc) is 2.84. The largest absolute Gasteiger partial charge is 0.388 e. The molecule has 0 aliphatic heterocycles. The van der Waals surface area contributed by atoms with Crippen LogP contribution in [-0.2, 0) is 0 Å². The van der Waals surface area contributed by atoms with Gasteiger partial charge in [0.1, 0.15) is 5.69 Å². The molecule has 1 N–H and O–H groups in total. The van der Waals surface area contributed by atoms with Gasteiger partial charge in [-0.3, -0.25) is 20.2 Å². The summed E-state index contributed by atoms with van der Waals surface area (Å²) in [6, 6.07) is 3.54. The summed E-state index contributed by atoms with van der Waals surface area (Å²) in [5.41, 5.74) is -1.22. The van der Waals surface area contributed by atoms with Gasteiger partial charge in [-0.2, -0.15) is 0 Å². The molecule has 21 heavy (non-hydrogen) atoms. The van der Waals surface area contributed by atoms with Crippen LogP contribution < -0.4 is 4.90 Å². The van der Waals surface area contributed by atoms with Gasteiger partial charge in [0.15, 0.2) is 0 Å². The van der Waals surface area contributed by atoms with Crippen molar-refractivity contribution in [2.45, 2.75) is 31.3 Å². The molecule has 0 bridgehead atoms. The second-order valence-corrected chi connectivity index (χ2v) is 5.47. The number of likely N-dealkylation sites (N-methyl/N-ethyl adjacent to an activating group) is 1. The molecule has 0 heterocycles. The summed E-state index contributed by atoms with van der Waals surface area (Å²) < 4.78 is 0. The molecular formula is C13H17N3O5. The van der Waals surface area contributed by atoms with E-state index in [2.05, 4.69) is 0 Å². The van der Waals surface area contributed by atoms with Gasteiger partial charge in [0.25, 0.3) is 11.4 Å². The van der Waals surface area contributed by atoms with Gasteiger partial charge < -0.3 is 10.0 Å². The zero-order valence-electron chi connectivity index (χ0n) is 11.7. The highest BCUT2D eigenvalue weighted by Crippen LogP contribution is 2.35. The van der Waals surface area contributed by atoms with Gasteiger partial charge in [0.2, 0.25) is 0 Å². The van der Waals surface area contributed by atoms with E-state index < -0.39 is 15.4 Å². The number of rotatable bonds is 5. The lowest BCUT2D eigenvalue weighted by atomic mass is 10.0. The smallest absolute Gasteiger partial charge is 0.299 e. The average molecular weight is 295 g/mol. The van der Waals surface area contributed by atoms with Crippen molar-refractivity contribution in [3.05, 3.63) is 38.4 Å². The maximum Gasteiger partial charge on any atom is 0.299 e. The fraction of sp³-hybridized carbons (Fsp3) is 0.538. The lowest BCUT2D eigenvalue weighted by molar-refractivity contribution is -0.393. The predicted octanol–water partition coefficient (Wildman–Crippen LogP) is 2.24. The molecule has 0 aromatic heterocycles. The summed E-state index contributed by atoms with van der Waals surface area (Å²) in [6.45, 7) is 0.269. The molecule has 0 saturated heterocycles. The van der Waals surface area contributed by atoms with E-state index in [1.165, 1.54) is 12.1 Å². The molecule has 1 fully saturated rings. The molecule has 0 radical (unpaired) electrons. The summed E-state index contributed by atoms with van der Waals surface area (Å²) in [6.07, 6.45) is 3.20. The fourth-order valence-electron chi connectivity index (χ4n) is 2.81. The quantitative estimate of drug-likeness (QED) is 0.659. The Balaban J connectivity index is 2.29. The van der Waals surface area contributed by atoms with Crippen LogP contribution in [0.25, 0.3) is 0 Å². The van der Waals surface area contributed by atoms with Gasteiger partial charge in [0.05, 0.1) is 21.5 Å². The molecule has 0 spiro atoms. The van der Waals surface area contributed by atoms with E-state index in [1.54, 1.807) is 11.9 Å². The van der Waals surface area contributed by atoms with Crippen molar-refractivity contribution in [3.63, 3.8) is 0 Å². The Hall–Kier alpha value is -2.22. The van der Waals surface area contributed by atoms with Crippen LogP contribution in [-0.4, -0.2) is 34.1 Å². The Kier molecular flexibility index (Phi) is 4.08. The van der Waals surface area contributed by atoms with Crippen molar-refractivity contribution in [1.82, 2.24) is 0 Å². The topological polar surface area (TPSA) is 110 Å². The Bertz CT molecular complexity index is 569. The number of anilines is 1. The molecule has 114 valence electrons. The van der Waals surface area contributed by atoms with Crippen LogP contribution in [0.2, 0.25) is 0 Å². The molecular weight excluding hydrogens is 278 g/mol. The van der Waals surface area contributed by atoms with E-state index in [0.717, 1.165) is 18.9 Å². The number of benzene rings is 1. The molecule has 1 saturated carbocycles.